The van der Waals surface area contributed by atoms with Crippen LogP contribution in [0, 0.1) is 0 Å². The molecule has 0 saturated carbocycles. The molecule has 0 saturated heterocycles. The Labute approximate surface area is 82.2 Å². The Bertz CT molecular complexity index is 262. The maximum Gasteiger partial charge on any atom is 0.337 e. The topological polar surface area (TPSA) is 37.3 Å². The number of benzene rings is 1. The molecule has 0 fully saturated rings. The molecule has 0 aliphatic rings. The summed E-state index contributed by atoms with van der Waals surface area (Å²) in [6.07, 6.45) is 0. The summed E-state index contributed by atoms with van der Waals surface area (Å²) in [6.45, 7) is 0. The smallest absolute Gasteiger partial charge is 0.337 e. The second-order valence-corrected chi connectivity index (χ2v) is 2.19. The van der Waals surface area contributed by atoms with Gasteiger partial charge in [-0.1, -0.05) is 23.7 Å². The summed E-state index contributed by atoms with van der Waals surface area (Å²) in [5, 5.41) is 8.75. The molecule has 1 aromatic rings. The molecule has 0 atom stereocenters. The van der Waals surface area contributed by atoms with E-state index in [0.29, 0.717) is 0 Å². The van der Waals surface area contributed by atoms with Crippen LogP contribution in [0.5, 0.6) is 0 Å². The Morgan fingerprint density at radius 1 is 1.36 bits per heavy atom. The third kappa shape index (κ3) is 2.61. The van der Waals surface area contributed by atoms with Crippen molar-refractivity contribution in [3.63, 3.8) is 0 Å². The number of hydrogen-bond donors (Lipinski definition) is 1. The third-order valence-electron chi connectivity index (χ3n) is 1.10. The van der Waals surface area contributed by atoms with Crippen LogP contribution in [0.25, 0.3) is 0 Å². The third-order valence-corrected chi connectivity index (χ3v) is 1.43. The minimum Gasteiger partial charge on any atom is -0.478 e. The summed E-state index contributed by atoms with van der Waals surface area (Å²) in [5.74, 6) is -0.995. The molecule has 0 spiro atoms. The molecule has 1 rings (SSSR count). The van der Waals surface area contributed by atoms with Gasteiger partial charge in [0, 0.05) is 19.8 Å². The van der Waals surface area contributed by atoms with Crippen molar-refractivity contribution in [2.45, 2.75) is 0 Å². The van der Waals surface area contributed by atoms with Gasteiger partial charge >= 0.3 is 5.97 Å². The number of carboxylic acids is 1. The molecule has 4 heteroatoms. The van der Waals surface area contributed by atoms with Gasteiger partial charge in [-0.2, -0.15) is 0 Å². The molecule has 1 aromatic carbocycles. The second-order valence-electron chi connectivity index (χ2n) is 1.78. The number of carboxylic acid groups (broad SMARTS) is 1. The fourth-order valence-electron chi connectivity index (χ4n) is 0.635. The van der Waals surface area contributed by atoms with Crippen LogP contribution in [0.4, 0.5) is 0 Å². The van der Waals surface area contributed by atoms with Crippen molar-refractivity contribution in [3.8, 4) is 0 Å². The van der Waals surface area contributed by atoms with Gasteiger partial charge in [-0.25, -0.2) is 4.79 Å². The van der Waals surface area contributed by atoms with E-state index in [0.717, 1.165) is 0 Å². The van der Waals surface area contributed by atoms with Gasteiger partial charge in [0.1, 0.15) is 0 Å². The molecule has 0 heterocycles. The molecular weight excluding hydrogens is 221 g/mol. The van der Waals surface area contributed by atoms with Crippen molar-refractivity contribution in [2.75, 3.05) is 0 Å². The van der Waals surface area contributed by atoms with Gasteiger partial charge in [-0.05, 0) is 12.1 Å². The van der Waals surface area contributed by atoms with Gasteiger partial charge < -0.3 is 5.11 Å². The summed E-state index contributed by atoms with van der Waals surface area (Å²) in [5.41, 5.74) is 0.143. The molecule has 0 aliphatic heterocycles. The van der Waals surface area contributed by atoms with Gasteiger partial charge in [-0.3, -0.25) is 0 Å². The first-order chi connectivity index (χ1) is 4.72. The molecular formula is C7H5ClGaO2. The maximum absolute atomic E-state index is 10.3. The number of halogens is 1. The van der Waals surface area contributed by atoms with Crippen molar-refractivity contribution < 1.29 is 9.90 Å². The first-order valence-corrected chi connectivity index (χ1v) is 3.07. The number of rotatable bonds is 1. The van der Waals surface area contributed by atoms with Crippen LogP contribution in [-0.4, -0.2) is 30.9 Å². The van der Waals surface area contributed by atoms with Crippen LogP contribution in [0.15, 0.2) is 24.3 Å². The normalized spacial score (nSPS) is 8.45. The first kappa shape index (κ1) is 10.6. The monoisotopic (exact) mass is 225 g/mol. The van der Waals surface area contributed by atoms with E-state index in [-0.39, 0.29) is 30.4 Å². The largest absolute Gasteiger partial charge is 0.478 e. The Morgan fingerprint density at radius 3 is 2.27 bits per heavy atom. The van der Waals surface area contributed by atoms with E-state index in [2.05, 4.69) is 0 Å². The molecule has 1 N–H and O–H groups in total. The van der Waals surface area contributed by atoms with Crippen LogP contribution < -0.4 is 0 Å². The number of hydrogen-bond acceptors (Lipinski definition) is 1. The maximum atomic E-state index is 10.3. The zero-order valence-corrected chi connectivity index (χ0v) is 8.80. The molecule has 55 valence electrons. The average molecular weight is 226 g/mol. The van der Waals surface area contributed by atoms with E-state index in [1.165, 1.54) is 6.07 Å². The molecule has 0 amide bonds. The fraction of sp³-hybridized carbons (Fsp3) is 0. The summed E-state index contributed by atoms with van der Waals surface area (Å²) in [6, 6.07) is 6.33. The second kappa shape index (κ2) is 4.49. The van der Waals surface area contributed by atoms with Crippen molar-refractivity contribution in [2.24, 2.45) is 0 Å². The molecule has 2 nitrogen and oxygen atoms in total. The predicted octanol–water partition coefficient (Wildman–Crippen LogP) is 1.66. The van der Waals surface area contributed by atoms with E-state index in [1.54, 1.807) is 18.2 Å². The van der Waals surface area contributed by atoms with E-state index in [4.69, 9.17) is 16.7 Å². The van der Waals surface area contributed by atoms with Crippen LogP contribution >= 0.6 is 11.6 Å². The van der Waals surface area contributed by atoms with Gasteiger partial charge in [0.15, 0.2) is 0 Å². The molecule has 0 aromatic heterocycles. The van der Waals surface area contributed by atoms with Gasteiger partial charge in [0.05, 0.1) is 10.6 Å². The van der Waals surface area contributed by atoms with E-state index in [1.807, 2.05) is 0 Å². The van der Waals surface area contributed by atoms with Crippen LogP contribution in [-0.2, 0) is 0 Å². The average Bonchev–Trinajstić information content (AvgIpc) is 1.88. The molecule has 3 radical (unpaired) electrons. The fourth-order valence-corrected chi connectivity index (χ4v) is 0.851. The summed E-state index contributed by atoms with van der Waals surface area (Å²) in [7, 11) is 0. The van der Waals surface area contributed by atoms with Gasteiger partial charge in [-0.15, -0.1) is 0 Å². The minimum absolute atomic E-state index is 0. The standard InChI is InChI=1S/C7H5ClO2.Ga/c8-6-4-2-1-3-5(6)7(9)10;/h1-4H,(H,9,10);. The number of aromatic carboxylic acids is 1. The Balaban J connectivity index is 0.000001000. The van der Waals surface area contributed by atoms with E-state index in [9.17, 15) is 4.79 Å². The zero-order valence-electron chi connectivity index (χ0n) is 5.62. The van der Waals surface area contributed by atoms with Crippen molar-refractivity contribution in [3.05, 3.63) is 34.9 Å². The van der Waals surface area contributed by atoms with E-state index < -0.39 is 5.97 Å². The van der Waals surface area contributed by atoms with Crippen molar-refractivity contribution >= 4 is 37.4 Å². The van der Waals surface area contributed by atoms with Gasteiger partial charge in [0.2, 0.25) is 0 Å². The van der Waals surface area contributed by atoms with Gasteiger partial charge in [0.25, 0.3) is 0 Å². The quantitative estimate of drug-likeness (QED) is 0.739. The molecule has 0 aliphatic carbocycles. The van der Waals surface area contributed by atoms with Crippen molar-refractivity contribution in [1.29, 1.82) is 0 Å². The van der Waals surface area contributed by atoms with Crippen LogP contribution in [0.1, 0.15) is 10.4 Å². The summed E-state index contributed by atoms with van der Waals surface area (Å²) < 4.78 is 0. The van der Waals surface area contributed by atoms with Crippen molar-refractivity contribution in [1.82, 2.24) is 0 Å². The molecule has 0 bridgehead atoms. The Morgan fingerprint density at radius 2 is 1.91 bits per heavy atom. The van der Waals surface area contributed by atoms with E-state index >= 15 is 0 Å². The summed E-state index contributed by atoms with van der Waals surface area (Å²) >= 11 is 5.54. The SMILES string of the molecule is O=C(O)c1ccccc1Cl.[Ga]. The van der Waals surface area contributed by atoms with Crippen LogP contribution in [0.2, 0.25) is 5.02 Å². The zero-order chi connectivity index (χ0) is 7.56. The number of carbonyl (C=O) groups is 1. The Kier molecular flexibility index (Phi) is 4.33. The molecule has 0 unspecified atom stereocenters. The van der Waals surface area contributed by atoms with Crippen LogP contribution in [0.3, 0.4) is 0 Å². The minimum atomic E-state index is -0.995. The molecule has 11 heavy (non-hydrogen) atoms. The predicted molar refractivity (Wildman–Crippen MR) is 44.2 cm³/mol. The first-order valence-electron chi connectivity index (χ1n) is 2.69. The Hall–Kier alpha value is -0.384. The summed E-state index contributed by atoms with van der Waals surface area (Å²) in [4.78, 5) is 10.3.